The second-order valence-electron chi connectivity index (χ2n) is 1.60. The molecule has 4 nitrogen and oxygen atoms in total. The van der Waals surface area contributed by atoms with E-state index in [2.05, 4.69) is 5.32 Å². The number of hydrogen-bond donors (Lipinski definition) is 1. The van der Waals surface area contributed by atoms with Crippen molar-refractivity contribution in [1.82, 2.24) is 11.1 Å². The normalized spacial score (nSPS) is 8.56. The van der Waals surface area contributed by atoms with Crippen LogP contribution in [0.2, 0.25) is 0 Å². The van der Waals surface area contributed by atoms with Crippen molar-refractivity contribution in [2.24, 2.45) is 0 Å². The zero-order valence-electron chi connectivity index (χ0n) is 5.23. The van der Waals surface area contributed by atoms with Crippen LogP contribution in [0.15, 0.2) is 0 Å². The van der Waals surface area contributed by atoms with E-state index in [1.165, 1.54) is 7.05 Å². The molecule has 1 radical (unpaired) electrons. The van der Waals surface area contributed by atoms with Crippen LogP contribution < -0.4 is 11.1 Å². The Bertz CT molecular complexity index is 122. The summed E-state index contributed by atoms with van der Waals surface area (Å²) in [6, 6.07) is 0. The number of rotatable bonds is 3. The summed E-state index contributed by atoms with van der Waals surface area (Å²) in [6.07, 6.45) is 0.137. The first-order valence-electron chi connectivity index (χ1n) is 2.62. The highest BCUT2D eigenvalue weighted by Crippen LogP contribution is 1.85. The van der Waals surface area contributed by atoms with Crippen LogP contribution in [0.25, 0.3) is 0 Å². The largest absolute Gasteiger partial charge is 0.359 e. The lowest BCUT2D eigenvalue weighted by Gasteiger charge is -1.93. The van der Waals surface area contributed by atoms with E-state index in [0.29, 0.717) is 0 Å². The van der Waals surface area contributed by atoms with Crippen molar-refractivity contribution in [2.75, 3.05) is 7.05 Å². The third kappa shape index (κ3) is 4.80. The number of amides is 2. The van der Waals surface area contributed by atoms with Gasteiger partial charge < -0.3 is 5.32 Å². The van der Waals surface area contributed by atoms with Gasteiger partial charge in [0, 0.05) is 19.9 Å². The van der Waals surface area contributed by atoms with Gasteiger partial charge in [-0.3, -0.25) is 15.3 Å². The van der Waals surface area contributed by atoms with Crippen molar-refractivity contribution in [3.63, 3.8) is 0 Å². The quantitative estimate of drug-likeness (QED) is 0.548. The van der Waals surface area contributed by atoms with Gasteiger partial charge in [-0.1, -0.05) is 0 Å². The molecule has 0 bridgehead atoms. The molecular formula is C5H9N2O2. The van der Waals surface area contributed by atoms with Gasteiger partial charge in [0.2, 0.25) is 11.8 Å². The lowest BCUT2D eigenvalue weighted by atomic mass is 10.3. The molecule has 0 aliphatic carbocycles. The van der Waals surface area contributed by atoms with Crippen LogP contribution in [0.4, 0.5) is 0 Å². The van der Waals surface area contributed by atoms with E-state index in [1.807, 2.05) is 0 Å². The van der Waals surface area contributed by atoms with Crippen LogP contribution in [0.3, 0.4) is 0 Å². The number of nitrogens with one attached hydrogen (secondary N) is 2. The summed E-state index contributed by atoms with van der Waals surface area (Å²) in [6.45, 7) is 0. The van der Waals surface area contributed by atoms with E-state index in [4.69, 9.17) is 5.73 Å². The molecule has 2 amide bonds. The first-order valence-corrected chi connectivity index (χ1v) is 2.62. The van der Waals surface area contributed by atoms with Crippen LogP contribution in [0.5, 0.6) is 0 Å². The van der Waals surface area contributed by atoms with Gasteiger partial charge in [0.25, 0.3) is 0 Å². The fraction of sp³-hybridized carbons (Fsp3) is 0.600. The molecule has 0 unspecified atom stereocenters. The number of carbonyl (C=O) groups excluding carboxylic acids is 2. The summed E-state index contributed by atoms with van der Waals surface area (Å²) < 4.78 is 0. The molecule has 0 fully saturated rings. The lowest BCUT2D eigenvalue weighted by molar-refractivity contribution is -0.125. The van der Waals surface area contributed by atoms with E-state index in [0.717, 1.165) is 0 Å². The molecule has 0 aliphatic heterocycles. The molecule has 0 aromatic carbocycles. The van der Waals surface area contributed by atoms with Crippen LogP contribution in [-0.2, 0) is 9.59 Å². The minimum Gasteiger partial charge on any atom is -0.359 e. The summed E-state index contributed by atoms with van der Waals surface area (Å²) in [5.74, 6) is -0.894. The maximum Gasteiger partial charge on any atom is 0.238 e. The topological polar surface area (TPSA) is 70.0 Å². The van der Waals surface area contributed by atoms with Crippen molar-refractivity contribution in [3.05, 3.63) is 0 Å². The number of carbonyl (C=O) groups is 2. The highest BCUT2D eigenvalue weighted by molar-refractivity contribution is 5.82. The summed E-state index contributed by atoms with van der Waals surface area (Å²) >= 11 is 0. The Labute approximate surface area is 53.4 Å². The third-order valence-electron chi connectivity index (χ3n) is 0.858. The van der Waals surface area contributed by atoms with Gasteiger partial charge in [0.05, 0.1) is 0 Å². The predicted molar refractivity (Wildman–Crippen MR) is 31.4 cm³/mol. The van der Waals surface area contributed by atoms with Crippen molar-refractivity contribution in [2.45, 2.75) is 12.8 Å². The first-order chi connectivity index (χ1) is 4.16. The van der Waals surface area contributed by atoms with E-state index >= 15 is 0 Å². The fourth-order valence-electron chi connectivity index (χ4n) is 0.352. The molecule has 51 valence electrons. The molecule has 0 spiro atoms. The van der Waals surface area contributed by atoms with Gasteiger partial charge in [-0.05, 0) is 0 Å². The molecule has 0 atom stereocenters. The molecule has 0 saturated heterocycles. The minimum absolute atomic E-state index is 0.0136. The molecule has 0 aromatic heterocycles. The van der Waals surface area contributed by atoms with E-state index in [1.54, 1.807) is 0 Å². The van der Waals surface area contributed by atoms with Crippen LogP contribution >= 0.6 is 0 Å². The Hall–Kier alpha value is -1.06. The van der Waals surface area contributed by atoms with E-state index in [9.17, 15) is 9.59 Å². The standard InChI is InChI=1S/C5H9N2O2/c1-7-5(9)3-2-4(6)8/h6H,2-3H2,1H3,(H,7,9). The molecule has 2 N–H and O–H groups in total. The van der Waals surface area contributed by atoms with Crippen LogP contribution in [0, 0.1) is 0 Å². The molecule has 0 heterocycles. The minimum atomic E-state index is -0.696. The van der Waals surface area contributed by atoms with Gasteiger partial charge in [-0.15, -0.1) is 0 Å². The van der Waals surface area contributed by atoms with Crippen molar-refractivity contribution < 1.29 is 9.59 Å². The fourth-order valence-corrected chi connectivity index (χ4v) is 0.352. The van der Waals surface area contributed by atoms with Crippen molar-refractivity contribution in [1.29, 1.82) is 0 Å². The Morgan fingerprint density at radius 2 is 2.00 bits per heavy atom. The summed E-state index contributed by atoms with van der Waals surface area (Å²) in [4.78, 5) is 20.3. The SMILES string of the molecule is CNC(=O)CCC([NH])=O. The van der Waals surface area contributed by atoms with Crippen LogP contribution in [0.1, 0.15) is 12.8 Å². The maximum absolute atomic E-state index is 10.4. The van der Waals surface area contributed by atoms with Crippen molar-refractivity contribution in [3.8, 4) is 0 Å². The summed E-state index contributed by atoms with van der Waals surface area (Å²) in [5, 5.41) is 2.35. The summed E-state index contributed by atoms with van der Waals surface area (Å²) in [7, 11) is 1.50. The average molecular weight is 129 g/mol. The van der Waals surface area contributed by atoms with Gasteiger partial charge in [-0.2, -0.15) is 0 Å². The van der Waals surface area contributed by atoms with Gasteiger partial charge >= 0.3 is 0 Å². The Morgan fingerprint density at radius 1 is 1.44 bits per heavy atom. The van der Waals surface area contributed by atoms with Gasteiger partial charge in [0.15, 0.2) is 0 Å². The first kappa shape index (κ1) is 7.94. The molecule has 4 heteroatoms. The van der Waals surface area contributed by atoms with E-state index in [-0.39, 0.29) is 18.7 Å². The highest BCUT2D eigenvalue weighted by Gasteiger charge is 2.00. The average Bonchev–Trinajstić information content (AvgIpc) is 1.83. The second-order valence-corrected chi connectivity index (χ2v) is 1.60. The Balaban J connectivity index is 3.28. The third-order valence-corrected chi connectivity index (χ3v) is 0.858. The molecule has 9 heavy (non-hydrogen) atoms. The maximum atomic E-state index is 10.4. The molecular weight excluding hydrogens is 120 g/mol. The van der Waals surface area contributed by atoms with Gasteiger partial charge in [0.1, 0.15) is 0 Å². The zero-order chi connectivity index (χ0) is 7.28. The van der Waals surface area contributed by atoms with Crippen LogP contribution in [-0.4, -0.2) is 18.9 Å². The zero-order valence-corrected chi connectivity index (χ0v) is 5.23. The molecule has 0 aromatic rings. The molecule has 0 aliphatic rings. The number of hydrogen-bond acceptors (Lipinski definition) is 2. The second kappa shape index (κ2) is 3.88. The summed E-state index contributed by atoms with van der Waals surface area (Å²) in [5.41, 5.74) is 6.43. The predicted octanol–water partition coefficient (Wildman–Crippen LogP) is -0.678. The Morgan fingerprint density at radius 3 is 2.33 bits per heavy atom. The monoisotopic (exact) mass is 129 g/mol. The lowest BCUT2D eigenvalue weighted by Crippen LogP contribution is -2.18. The van der Waals surface area contributed by atoms with Crippen molar-refractivity contribution >= 4 is 11.8 Å². The molecule has 0 saturated carbocycles. The smallest absolute Gasteiger partial charge is 0.238 e. The van der Waals surface area contributed by atoms with E-state index < -0.39 is 5.91 Å². The Kier molecular flexibility index (Phi) is 3.43. The molecule has 0 rings (SSSR count). The van der Waals surface area contributed by atoms with Gasteiger partial charge in [-0.25, -0.2) is 0 Å². The highest BCUT2D eigenvalue weighted by atomic mass is 16.2.